The van der Waals surface area contributed by atoms with Gasteiger partial charge in [0.2, 0.25) is 0 Å². The van der Waals surface area contributed by atoms with Gasteiger partial charge in [-0.3, -0.25) is 14.9 Å². The minimum Gasteiger partial charge on any atom is -0.464 e. The lowest BCUT2D eigenvalue weighted by atomic mass is 10.0. The van der Waals surface area contributed by atoms with E-state index < -0.39 is 4.92 Å². The van der Waals surface area contributed by atoms with Crippen LogP contribution in [0.2, 0.25) is 0 Å². The van der Waals surface area contributed by atoms with Gasteiger partial charge >= 0.3 is 5.97 Å². The van der Waals surface area contributed by atoms with Crippen LogP contribution in [-0.2, 0) is 35.4 Å². The van der Waals surface area contributed by atoms with Gasteiger partial charge in [-0.15, -0.1) is 0 Å². The monoisotopic (exact) mass is 351 g/mol. The van der Waals surface area contributed by atoms with Crippen LogP contribution < -0.4 is 0 Å². The molecule has 6 heteroatoms. The number of esters is 1. The molecule has 6 nitrogen and oxygen atoms in total. The van der Waals surface area contributed by atoms with Crippen LogP contribution in [0.5, 0.6) is 0 Å². The molecule has 0 N–H and O–H groups in total. The minimum absolute atomic E-state index is 0.00565. The Hall–Kier alpha value is -3.15. The lowest BCUT2D eigenvalue weighted by Gasteiger charge is -2.05. The van der Waals surface area contributed by atoms with Gasteiger partial charge in [0.25, 0.3) is 5.69 Å². The Morgan fingerprint density at radius 3 is 2.81 bits per heavy atom. The Morgan fingerprint density at radius 1 is 1.19 bits per heavy atom. The maximum absolute atomic E-state index is 12.2. The van der Waals surface area contributed by atoms with E-state index in [1.807, 2.05) is 0 Å². The van der Waals surface area contributed by atoms with Gasteiger partial charge in [0.1, 0.15) is 12.2 Å². The number of carbonyl (C=O) groups excluding carboxylic acids is 1. The second-order valence-electron chi connectivity index (χ2n) is 6.50. The molecule has 0 spiro atoms. The van der Waals surface area contributed by atoms with Gasteiger partial charge in [-0.2, -0.15) is 0 Å². The van der Waals surface area contributed by atoms with E-state index in [1.165, 1.54) is 23.3 Å². The largest absolute Gasteiger partial charge is 0.464 e. The summed E-state index contributed by atoms with van der Waals surface area (Å²) in [5, 5.41) is 11.8. The van der Waals surface area contributed by atoms with E-state index in [9.17, 15) is 14.9 Å². The maximum Gasteiger partial charge on any atom is 0.310 e. The second kappa shape index (κ2) is 6.63. The summed E-state index contributed by atoms with van der Waals surface area (Å²) < 4.78 is 10.9. The first-order chi connectivity index (χ1) is 12.6. The lowest BCUT2D eigenvalue weighted by Crippen LogP contribution is -2.08. The molecule has 0 atom stereocenters. The Bertz CT molecular complexity index is 1000. The Morgan fingerprint density at radius 2 is 2.00 bits per heavy atom. The van der Waals surface area contributed by atoms with Crippen molar-refractivity contribution in [1.82, 2.24) is 0 Å². The highest BCUT2D eigenvalue weighted by molar-refractivity contribution is 5.87. The molecule has 0 bridgehead atoms. The summed E-state index contributed by atoms with van der Waals surface area (Å²) in [5.74, 6) is -0.389. The van der Waals surface area contributed by atoms with Gasteiger partial charge in [-0.1, -0.05) is 12.1 Å². The lowest BCUT2D eigenvalue weighted by molar-refractivity contribution is -0.384. The highest BCUT2D eigenvalue weighted by atomic mass is 16.6. The minimum atomic E-state index is -0.471. The molecular weight excluding hydrogens is 334 g/mol. The van der Waals surface area contributed by atoms with Crippen LogP contribution in [0, 0.1) is 10.1 Å². The number of nitrogens with zero attached hydrogens (tertiary/aromatic N) is 1. The molecule has 132 valence electrons. The predicted molar refractivity (Wildman–Crippen MR) is 94.8 cm³/mol. The molecule has 0 unspecified atom stereocenters. The number of benzene rings is 2. The highest BCUT2D eigenvalue weighted by Crippen LogP contribution is 2.30. The van der Waals surface area contributed by atoms with Crippen molar-refractivity contribution in [3.8, 4) is 0 Å². The topological polar surface area (TPSA) is 82.6 Å². The van der Waals surface area contributed by atoms with Gasteiger partial charge < -0.3 is 9.15 Å². The zero-order chi connectivity index (χ0) is 18.1. The van der Waals surface area contributed by atoms with Crippen LogP contribution >= 0.6 is 0 Å². The van der Waals surface area contributed by atoms with E-state index in [2.05, 4.69) is 12.1 Å². The summed E-state index contributed by atoms with van der Waals surface area (Å²) in [4.78, 5) is 22.5. The van der Waals surface area contributed by atoms with E-state index in [0.717, 1.165) is 35.8 Å². The maximum atomic E-state index is 12.2. The standard InChI is InChI=1S/C20H17NO5/c22-20(26-11-13-3-1-6-17(7-13)21(23)24)10-16-12-25-19-9-15-5-2-4-14(15)8-18(16)19/h1,3,6-9,12H,2,4-5,10-11H2. The van der Waals surface area contributed by atoms with Crippen molar-refractivity contribution in [2.45, 2.75) is 32.3 Å². The molecule has 0 amide bonds. The van der Waals surface area contributed by atoms with Gasteiger partial charge in [0.05, 0.1) is 17.6 Å². The number of hydrogen-bond acceptors (Lipinski definition) is 5. The molecule has 4 rings (SSSR count). The third-order valence-electron chi connectivity index (χ3n) is 4.72. The van der Waals surface area contributed by atoms with Crippen molar-refractivity contribution in [3.05, 3.63) is 75.0 Å². The summed E-state index contributed by atoms with van der Waals surface area (Å²) in [6.45, 7) is 0.00565. The van der Waals surface area contributed by atoms with Crippen molar-refractivity contribution >= 4 is 22.6 Å². The molecule has 0 radical (unpaired) electrons. The fraction of sp³-hybridized carbons (Fsp3) is 0.250. The Labute approximate surface area is 149 Å². The van der Waals surface area contributed by atoms with Crippen LogP contribution in [0.15, 0.2) is 47.1 Å². The Kier molecular flexibility index (Phi) is 4.16. The molecule has 1 heterocycles. The zero-order valence-electron chi connectivity index (χ0n) is 14.1. The van der Waals surface area contributed by atoms with Crippen LogP contribution in [0.4, 0.5) is 5.69 Å². The van der Waals surface area contributed by atoms with E-state index >= 15 is 0 Å². The summed E-state index contributed by atoms with van der Waals surface area (Å²) in [5.41, 5.74) is 4.82. The number of ether oxygens (including phenoxy) is 1. The molecular formula is C20H17NO5. The number of hydrogen-bond donors (Lipinski definition) is 0. The first-order valence-electron chi connectivity index (χ1n) is 8.51. The SMILES string of the molecule is O=C(Cc1coc2cc3c(cc12)CCC3)OCc1cccc([N+](=O)[O-])c1. The Balaban J connectivity index is 1.44. The van der Waals surface area contributed by atoms with Crippen molar-refractivity contribution in [2.75, 3.05) is 0 Å². The molecule has 0 fully saturated rings. The van der Waals surface area contributed by atoms with Crippen molar-refractivity contribution in [3.63, 3.8) is 0 Å². The van der Waals surface area contributed by atoms with E-state index in [0.29, 0.717) is 5.56 Å². The van der Waals surface area contributed by atoms with Crippen LogP contribution in [0.3, 0.4) is 0 Å². The normalized spacial score (nSPS) is 12.9. The number of rotatable bonds is 5. The smallest absolute Gasteiger partial charge is 0.310 e. The fourth-order valence-electron chi connectivity index (χ4n) is 3.42. The predicted octanol–water partition coefficient (Wildman–Crippen LogP) is 4.12. The average Bonchev–Trinajstić information content (AvgIpc) is 3.25. The number of aryl methyl sites for hydroxylation is 2. The summed E-state index contributed by atoms with van der Waals surface area (Å²) in [6, 6.07) is 10.3. The first kappa shape index (κ1) is 16.3. The van der Waals surface area contributed by atoms with E-state index in [1.54, 1.807) is 18.4 Å². The number of nitro groups is 1. The molecule has 1 aliphatic rings. The van der Waals surface area contributed by atoms with Crippen LogP contribution in [0.25, 0.3) is 11.0 Å². The average molecular weight is 351 g/mol. The van der Waals surface area contributed by atoms with Crippen LogP contribution in [0.1, 0.15) is 28.7 Å². The third kappa shape index (κ3) is 3.18. The van der Waals surface area contributed by atoms with Gasteiger partial charge in [0, 0.05) is 23.1 Å². The molecule has 26 heavy (non-hydrogen) atoms. The molecule has 1 aromatic heterocycles. The van der Waals surface area contributed by atoms with Gasteiger partial charge in [-0.25, -0.2) is 0 Å². The number of nitro benzene ring substituents is 1. The fourth-order valence-corrected chi connectivity index (χ4v) is 3.42. The molecule has 0 saturated heterocycles. The quantitative estimate of drug-likeness (QED) is 0.392. The summed E-state index contributed by atoms with van der Waals surface area (Å²) >= 11 is 0. The number of furan rings is 1. The van der Waals surface area contributed by atoms with Crippen molar-refractivity contribution in [1.29, 1.82) is 0 Å². The van der Waals surface area contributed by atoms with E-state index in [4.69, 9.17) is 9.15 Å². The zero-order valence-corrected chi connectivity index (χ0v) is 14.1. The van der Waals surface area contributed by atoms with Crippen molar-refractivity contribution < 1.29 is 18.9 Å². The number of carbonyl (C=O) groups is 1. The van der Waals surface area contributed by atoms with Crippen molar-refractivity contribution in [2.24, 2.45) is 0 Å². The second-order valence-corrected chi connectivity index (χ2v) is 6.50. The summed E-state index contributed by atoms with van der Waals surface area (Å²) in [6.07, 6.45) is 5.01. The summed E-state index contributed by atoms with van der Waals surface area (Å²) in [7, 11) is 0. The highest BCUT2D eigenvalue weighted by Gasteiger charge is 2.17. The third-order valence-corrected chi connectivity index (χ3v) is 4.72. The molecule has 0 aliphatic heterocycles. The van der Waals surface area contributed by atoms with E-state index in [-0.39, 0.29) is 24.7 Å². The van der Waals surface area contributed by atoms with Crippen LogP contribution in [-0.4, -0.2) is 10.9 Å². The first-order valence-corrected chi connectivity index (χ1v) is 8.51. The van der Waals surface area contributed by atoms with Gasteiger partial charge in [-0.05, 0) is 48.1 Å². The number of non-ortho nitro benzene ring substituents is 1. The number of fused-ring (bicyclic) bond motifs is 2. The van der Waals surface area contributed by atoms with Gasteiger partial charge in [0.15, 0.2) is 0 Å². The molecule has 2 aromatic carbocycles. The molecule has 3 aromatic rings. The molecule has 1 aliphatic carbocycles. The molecule has 0 saturated carbocycles.